The first kappa shape index (κ1) is 13.2. The maximum absolute atomic E-state index is 6.27. The summed E-state index contributed by atoms with van der Waals surface area (Å²) in [5.41, 5.74) is 0.168. The van der Waals surface area contributed by atoms with Crippen LogP contribution in [0, 0.1) is 5.92 Å². The molecule has 2 atom stereocenters. The summed E-state index contributed by atoms with van der Waals surface area (Å²) in [4.78, 5) is 0. The second kappa shape index (κ2) is 5.70. The van der Waals surface area contributed by atoms with Gasteiger partial charge in [0.1, 0.15) is 0 Å². The Bertz CT molecular complexity index is 275. The monoisotopic (exact) mass is 271 g/mol. The zero-order chi connectivity index (χ0) is 12.4. The van der Waals surface area contributed by atoms with Crippen LogP contribution in [-0.2, 0) is 9.47 Å². The van der Waals surface area contributed by atoms with Crippen LogP contribution in [0.1, 0.15) is 32.1 Å². The SMILES string of the molecule is CNCC1CC(OC2CCOC3(CCSC3)C2)C1. The Morgan fingerprint density at radius 3 is 3.00 bits per heavy atom. The van der Waals surface area contributed by atoms with Crippen LogP contribution in [-0.4, -0.2) is 49.5 Å². The minimum atomic E-state index is 0.168. The summed E-state index contributed by atoms with van der Waals surface area (Å²) in [5.74, 6) is 3.29. The van der Waals surface area contributed by atoms with E-state index >= 15 is 0 Å². The molecule has 0 bridgehead atoms. The molecule has 18 heavy (non-hydrogen) atoms. The molecule has 2 heterocycles. The predicted octanol–water partition coefficient (Wildman–Crippen LogP) is 2.06. The van der Waals surface area contributed by atoms with Gasteiger partial charge in [-0.25, -0.2) is 0 Å². The highest BCUT2D eigenvalue weighted by atomic mass is 32.2. The normalized spacial score (nSPS) is 44.2. The first-order valence-corrected chi connectivity index (χ1v) is 8.47. The van der Waals surface area contributed by atoms with Crippen molar-refractivity contribution < 1.29 is 9.47 Å². The summed E-state index contributed by atoms with van der Waals surface area (Å²) < 4.78 is 12.3. The van der Waals surface area contributed by atoms with Gasteiger partial charge in [0, 0.05) is 18.8 Å². The van der Waals surface area contributed by atoms with Crippen molar-refractivity contribution in [3.05, 3.63) is 0 Å². The van der Waals surface area contributed by atoms with E-state index in [2.05, 4.69) is 5.32 Å². The van der Waals surface area contributed by atoms with Crippen molar-refractivity contribution in [3.8, 4) is 0 Å². The van der Waals surface area contributed by atoms with Crippen LogP contribution in [0.4, 0.5) is 0 Å². The van der Waals surface area contributed by atoms with Crippen molar-refractivity contribution in [2.75, 3.05) is 31.7 Å². The number of hydrogen-bond acceptors (Lipinski definition) is 4. The summed E-state index contributed by atoms with van der Waals surface area (Å²) in [6.45, 7) is 2.05. The highest BCUT2D eigenvalue weighted by Gasteiger charge is 2.42. The van der Waals surface area contributed by atoms with Gasteiger partial charge in [-0.1, -0.05) is 0 Å². The molecule has 3 rings (SSSR count). The Labute approximate surface area is 114 Å². The van der Waals surface area contributed by atoms with Crippen LogP contribution in [0.5, 0.6) is 0 Å². The molecule has 1 aliphatic carbocycles. The number of rotatable bonds is 4. The van der Waals surface area contributed by atoms with Crippen LogP contribution in [0.3, 0.4) is 0 Å². The van der Waals surface area contributed by atoms with E-state index in [9.17, 15) is 0 Å². The van der Waals surface area contributed by atoms with Gasteiger partial charge in [0.15, 0.2) is 0 Å². The predicted molar refractivity (Wildman–Crippen MR) is 75.2 cm³/mol. The molecule has 104 valence electrons. The van der Waals surface area contributed by atoms with Crippen molar-refractivity contribution in [1.82, 2.24) is 5.32 Å². The highest BCUT2D eigenvalue weighted by Crippen LogP contribution is 2.40. The average Bonchev–Trinajstić information content (AvgIpc) is 2.75. The Hall–Kier alpha value is 0.230. The maximum atomic E-state index is 6.27. The topological polar surface area (TPSA) is 30.5 Å². The van der Waals surface area contributed by atoms with Crippen molar-refractivity contribution in [2.24, 2.45) is 5.92 Å². The number of ether oxygens (including phenoxy) is 2. The minimum absolute atomic E-state index is 0.168. The second-order valence-corrected chi connectivity index (χ2v) is 7.21. The maximum Gasteiger partial charge on any atom is 0.0805 e. The lowest BCUT2D eigenvalue weighted by molar-refractivity contribution is -0.155. The smallest absolute Gasteiger partial charge is 0.0805 e. The first-order chi connectivity index (χ1) is 8.80. The lowest BCUT2D eigenvalue weighted by Gasteiger charge is -2.42. The Morgan fingerprint density at radius 1 is 1.39 bits per heavy atom. The van der Waals surface area contributed by atoms with Gasteiger partial charge in [0.2, 0.25) is 0 Å². The lowest BCUT2D eigenvalue weighted by Crippen LogP contribution is -2.46. The summed E-state index contributed by atoms with van der Waals surface area (Å²) in [6.07, 6.45) is 6.94. The molecule has 1 spiro atoms. The van der Waals surface area contributed by atoms with Crippen molar-refractivity contribution in [1.29, 1.82) is 0 Å². The van der Waals surface area contributed by atoms with Gasteiger partial charge >= 0.3 is 0 Å². The van der Waals surface area contributed by atoms with Gasteiger partial charge < -0.3 is 14.8 Å². The molecule has 2 saturated heterocycles. The Kier molecular flexibility index (Phi) is 4.18. The highest BCUT2D eigenvalue weighted by molar-refractivity contribution is 7.99. The summed E-state index contributed by atoms with van der Waals surface area (Å²) in [6, 6.07) is 0. The number of hydrogen-bond donors (Lipinski definition) is 1. The van der Waals surface area contributed by atoms with E-state index in [1.54, 1.807) is 0 Å². The quantitative estimate of drug-likeness (QED) is 0.848. The molecule has 3 fully saturated rings. The van der Waals surface area contributed by atoms with E-state index in [0.29, 0.717) is 12.2 Å². The molecular weight excluding hydrogens is 246 g/mol. The lowest BCUT2D eigenvalue weighted by atomic mass is 9.81. The summed E-state index contributed by atoms with van der Waals surface area (Å²) in [7, 11) is 2.04. The van der Waals surface area contributed by atoms with Crippen molar-refractivity contribution in [2.45, 2.75) is 49.9 Å². The van der Waals surface area contributed by atoms with Crippen LogP contribution in [0.25, 0.3) is 0 Å². The molecule has 4 heteroatoms. The van der Waals surface area contributed by atoms with Gasteiger partial charge in [-0.05, 0) is 50.9 Å². The largest absolute Gasteiger partial charge is 0.375 e. The Balaban J connectivity index is 1.43. The van der Waals surface area contributed by atoms with Gasteiger partial charge in [-0.3, -0.25) is 0 Å². The minimum Gasteiger partial charge on any atom is -0.375 e. The number of nitrogens with one attached hydrogen (secondary N) is 1. The van der Waals surface area contributed by atoms with Crippen molar-refractivity contribution >= 4 is 11.8 Å². The fourth-order valence-electron chi connectivity index (χ4n) is 3.48. The Morgan fingerprint density at radius 2 is 2.28 bits per heavy atom. The van der Waals surface area contributed by atoms with E-state index in [0.717, 1.165) is 31.9 Å². The van der Waals surface area contributed by atoms with Gasteiger partial charge in [-0.2, -0.15) is 11.8 Å². The van der Waals surface area contributed by atoms with E-state index < -0.39 is 0 Å². The van der Waals surface area contributed by atoms with E-state index in [1.165, 1.54) is 30.8 Å². The molecule has 0 aromatic rings. The van der Waals surface area contributed by atoms with Crippen LogP contribution < -0.4 is 5.32 Å². The molecule has 2 unspecified atom stereocenters. The molecule has 1 saturated carbocycles. The van der Waals surface area contributed by atoms with E-state index in [4.69, 9.17) is 9.47 Å². The van der Waals surface area contributed by atoms with E-state index in [-0.39, 0.29) is 5.60 Å². The third-order valence-electron chi connectivity index (χ3n) is 4.59. The molecule has 0 aromatic carbocycles. The average molecular weight is 271 g/mol. The third-order valence-corrected chi connectivity index (χ3v) is 5.81. The van der Waals surface area contributed by atoms with Crippen LogP contribution in [0.2, 0.25) is 0 Å². The molecule has 3 aliphatic rings. The standard InChI is InChI=1S/C14H25NO2S/c1-15-9-11-6-13(7-11)17-12-2-4-16-14(8-12)3-5-18-10-14/h11-13,15H,2-10H2,1H3. The van der Waals surface area contributed by atoms with Crippen LogP contribution >= 0.6 is 11.8 Å². The molecule has 3 nitrogen and oxygen atoms in total. The summed E-state index contributed by atoms with van der Waals surface area (Å²) in [5, 5.41) is 3.26. The van der Waals surface area contributed by atoms with E-state index in [1.807, 2.05) is 18.8 Å². The van der Waals surface area contributed by atoms with Gasteiger partial charge in [-0.15, -0.1) is 0 Å². The van der Waals surface area contributed by atoms with Gasteiger partial charge in [0.25, 0.3) is 0 Å². The zero-order valence-corrected chi connectivity index (χ0v) is 12.1. The summed E-state index contributed by atoms with van der Waals surface area (Å²) >= 11 is 2.04. The third kappa shape index (κ3) is 2.87. The van der Waals surface area contributed by atoms with Crippen LogP contribution in [0.15, 0.2) is 0 Å². The molecule has 0 aromatic heterocycles. The molecular formula is C14H25NO2S. The first-order valence-electron chi connectivity index (χ1n) is 7.31. The zero-order valence-electron chi connectivity index (χ0n) is 11.3. The van der Waals surface area contributed by atoms with Gasteiger partial charge in [0.05, 0.1) is 17.8 Å². The fraction of sp³-hybridized carbons (Fsp3) is 1.00. The number of thioether (sulfide) groups is 1. The molecule has 0 radical (unpaired) electrons. The fourth-order valence-corrected chi connectivity index (χ4v) is 4.85. The molecule has 1 N–H and O–H groups in total. The second-order valence-electron chi connectivity index (χ2n) is 6.10. The molecule has 2 aliphatic heterocycles. The molecule has 0 amide bonds. The van der Waals surface area contributed by atoms with Crippen molar-refractivity contribution in [3.63, 3.8) is 0 Å².